The zero-order valence-corrected chi connectivity index (χ0v) is 14.2. The van der Waals surface area contributed by atoms with Crippen molar-refractivity contribution in [2.45, 2.75) is 38.0 Å². The Balaban J connectivity index is 1.60. The fourth-order valence-electron chi connectivity index (χ4n) is 3.58. The molecule has 2 heterocycles. The number of carbonyl (C=O) groups excluding carboxylic acids is 2. The highest BCUT2D eigenvalue weighted by Crippen LogP contribution is 2.30. The van der Waals surface area contributed by atoms with Crippen LogP contribution in [0, 0.1) is 16.0 Å². The van der Waals surface area contributed by atoms with Gasteiger partial charge in [-0.25, -0.2) is 4.79 Å². The molecule has 0 bridgehead atoms. The van der Waals surface area contributed by atoms with E-state index >= 15 is 0 Å². The summed E-state index contributed by atoms with van der Waals surface area (Å²) >= 11 is 0. The van der Waals surface area contributed by atoms with Gasteiger partial charge < -0.3 is 20.1 Å². The van der Waals surface area contributed by atoms with E-state index < -0.39 is 17.1 Å². The number of piperidine rings is 1. The number of nitro benzene ring substituents is 1. The summed E-state index contributed by atoms with van der Waals surface area (Å²) in [6, 6.07) is 5.55. The molecule has 9 nitrogen and oxygen atoms in total. The molecule has 9 heteroatoms. The van der Waals surface area contributed by atoms with Gasteiger partial charge in [0.05, 0.1) is 17.6 Å². The normalized spacial score (nSPS) is 25.7. The van der Waals surface area contributed by atoms with Crippen molar-refractivity contribution in [2.24, 2.45) is 5.92 Å². The van der Waals surface area contributed by atoms with Gasteiger partial charge in [0.2, 0.25) is 5.91 Å². The Labute approximate surface area is 150 Å². The van der Waals surface area contributed by atoms with Crippen molar-refractivity contribution in [3.8, 4) is 0 Å². The molecule has 1 aromatic carbocycles. The van der Waals surface area contributed by atoms with Crippen LogP contribution in [0.4, 0.5) is 10.5 Å². The number of non-ortho nitro benzene ring substituents is 1. The molecule has 2 fully saturated rings. The monoisotopic (exact) mass is 363 g/mol. The van der Waals surface area contributed by atoms with Gasteiger partial charge in [0.15, 0.2) is 0 Å². The first-order valence-corrected chi connectivity index (χ1v) is 8.55. The second-order valence-electron chi connectivity index (χ2n) is 6.69. The Morgan fingerprint density at radius 1 is 1.38 bits per heavy atom. The highest BCUT2D eigenvalue weighted by molar-refractivity contribution is 5.77. The Kier molecular flexibility index (Phi) is 5.36. The number of hydrogen-bond donors (Lipinski definition) is 2. The molecule has 0 saturated carbocycles. The second kappa shape index (κ2) is 7.69. The fraction of sp³-hybridized carbons (Fsp3) is 0.529. The molecule has 2 amide bonds. The Morgan fingerprint density at radius 3 is 2.77 bits per heavy atom. The second-order valence-corrected chi connectivity index (χ2v) is 6.69. The largest absolute Gasteiger partial charge is 0.445 e. The van der Waals surface area contributed by atoms with Crippen molar-refractivity contribution >= 4 is 17.7 Å². The van der Waals surface area contributed by atoms with Gasteiger partial charge in [0.1, 0.15) is 6.61 Å². The zero-order chi connectivity index (χ0) is 18.7. The Bertz CT molecular complexity index is 692. The number of rotatable bonds is 4. The van der Waals surface area contributed by atoms with E-state index in [0.717, 1.165) is 6.42 Å². The quantitative estimate of drug-likeness (QED) is 0.612. The summed E-state index contributed by atoms with van der Waals surface area (Å²) in [5, 5.41) is 23.4. The zero-order valence-electron chi connectivity index (χ0n) is 14.2. The molecule has 0 aliphatic carbocycles. The minimum absolute atomic E-state index is 0.00725. The minimum atomic E-state index is -0.628. The number of ether oxygens (including phenoxy) is 1. The van der Waals surface area contributed by atoms with E-state index in [1.807, 2.05) is 0 Å². The summed E-state index contributed by atoms with van der Waals surface area (Å²) in [7, 11) is 0. The number of hydrogen-bond acceptors (Lipinski definition) is 6. The van der Waals surface area contributed by atoms with Crippen LogP contribution in [0.25, 0.3) is 0 Å². The first kappa shape index (κ1) is 18.1. The predicted octanol–water partition coefficient (Wildman–Crippen LogP) is 1.19. The third-order valence-electron chi connectivity index (χ3n) is 4.89. The summed E-state index contributed by atoms with van der Waals surface area (Å²) in [5.74, 6) is -0.0327. The predicted molar refractivity (Wildman–Crippen MR) is 90.1 cm³/mol. The van der Waals surface area contributed by atoms with E-state index in [-0.39, 0.29) is 36.7 Å². The highest BCUT2D eigenvalue weighted by Gasteiger charge is 2.41. The van der Waals surface area contributed by atoms with Gasteiger partial charge in [0.25, 0.3) is 5.69 Å². The molecular weight excluding hydrogens is 342 g/mol. The lowest BCUT2D eigenvalue weighted by Crippen LogP contribution is -2.45. The van der Waals surface area contributed by atoms with Gasteiger partial charge in [-0.2, -0.15) is 0 Å². The molecule has 26 heavy (non-hydrogen) atoms. The van der Waals surface area contributed by atoms with Gasteiger partial charge in [-0.05, 0) is 36.5 Å². The summed E-state index contributed by atoms with van der Waals surface area (Å²) in [6.45, 7) is 0.741. The van der Waals surface area contributed by atoms with Crippen molar-refractivity contribution in [1.82, 2.24) is 10.2 Å². The van der Waals surface area contributed by atoms with E-state index in [4.69, 9.17) is 4.74 Å². The van der Waals surface area contributed by atoms with Crippen molar-refractivity contribution in [1.29, 1.82) is 0 Å². The molecule has 0 spiro atoms. The summed E-state index contributed by atoms with van der Waals surface area (Å²) in [6.07, 6.45) is 0.358. The topological polar surface area (TPSA) is 122 Å². The number of benzene rings is 1. The molecule has 140 valence electrons. The summed E-state index contributed by atoms with van der Waals surface area (Å²) in [4.78, 5) is 35.7. The van der Waals surface area contributed by atoms with Crippen molar-refractivity contribution in [3.63, 3.8) is 0 Å². The average molecular weight is 363 g/mol. The van der Waals surface area contributed by atoms with E-state index in [0.29, 0.717) is 24.9 Å². The van der Waals surface area contributed by atoms with E-state index in [1.54, 1.807) is 0 Å². The van der Waals surface area contributed by atoms with Gasteiger partial charge >= 0.3 is 6.09 Å². The molecule has 1 aromatic rings. The Hall–Kier alpha value is -2.68. The highest BCUT2D eigenvalue weighted by atomic mass is 16.6. The smallest absolute Gasteiger partial charge is 0.410 e. The molecule has 0 aromatic heterocycles. The molecular formula is C17H21N3O6. The van der Waals surface area contributed by atoms with Crippen LogP contribution in [-0.4, -0.2) is 52.2 Å². The van der Waals surface area contributed by atoms with Gasteiger partial charge in [-0.15, -0.1) is 0 Å². The molecule has 2 N–H and O–H groups in total. The van der Waals surface area contributed by atoms with Crippen molar-refractivity contribution in [3.05, 3.63) is 39.9 Å². The first-order valence-electron chi connectivity index (χ1n) is 8.55. The number of carbonyl (C=O) groups is 2. The maximum absolute atomic E-state index is 12.5. The first-order chi connectivity index (χ1) is 12.4. The molecule has 0 radical (unpaired) electrons. The lowest BCUT2D eigenvalue weighted by molar-refractivity contribution is -0.384. The minimum Gasteiger partial charge on any atom is -0.445 e. The number of β-amino-alcohol motifs (C(OH)–C–C–N with tert-alkyl or cyclic N) is 1. The standard InChI is InChI=1S/C17H21N3O6/c21-14-8-15(12-5-6-18-16(22)7-12)19(9-14)17(23)26-10-11-1-3-13(4-2-11)20(24)25/h1-4,12,14-15,21H,5-10H2,(H,18,22)/t12-,14+,15-/m0/s1. The molecule has 3 rings (SSSR count). The Morgan fingerprint density at radius 2 is 2.12 bits per heavy atom. The number of likely N-dealkylation sites (tertiary alicyclic amines) is 1. The van der Waals surface area contributed by atoms with Crippen LogP contribution in [0.3, 0.4) is 0 Å². The van der Waals surface area contributed by atoms with Crippen molar-refractivity contribution < 1.29 is 24.4 Å². The number of nitro groups is 1. The fourth-order valence-corrected chi connectivity index (χ4v) is 3.58. The van der Waals surface area contributed by atoms with Crippen LogP contribution >= 0.6 is 0 Å². The number of aliphatic hydroxyl groups is 1. The maximum Gasteiger partial charge on any atom is 0.410 e. The van der Waals surface area contributed by atoms with Crippen LogP contribution in [-0.2, 0) is 16.1 Å². The van der Waals surface area contributed by atoms with Gasteiger partial charge in [-0.1, -0.05) is 0 Å². The lowest BCUT2D eigenvalue weighted by Gasteiger charge is -2.32. The number of amides is 2. The molecule has 2 aliphatic rings. The number of nitrogens with zero attached hydrogens (tertiary/aromatic N) is 2. The number of aliphatic hydroxyl groups excluding tert-OH is 1. The maximum atomic E-state index is 12.5. The summed E-state index contributed by atoms with van der Waals surface area (Å²) in [5.41, 5.74) is 0.607. The average Bonchev–Trinajstić information content (AvgIpc) is 3.02. The van der Waals surface area contributed by atoms with Gasteiger partial charge in [-0.3, -0.25) is 14.9 Å². The third-order valence-corrected chi connectivity index (χ3v) is 4.89. The third kappa shape index (κ3) is 4.10. The SMILES string of the molecule is O=C1C[C@@H]([C@@H]2C[C@@H](O)CN2C(=O)OCc2ccc([N+](=O)[O-])cc2)CCN1. The molecule has 3 atom stereocenters. The van der Waals surface area contributed by atoms with Crippen molar-refractivity contribution in [2.75, 3.05) is 13.1 Å². The van der Waals surface area contributed by atoms with Crippen LogP contribution < -0.4 is 5.32 Å². The van der Waals surface area contributed by atoms with E-state index in [1.165, 1.54) is 29.2 Å². The molecule has 2 saturated heterocycles. The van der Waals surface area contributed by atoms with Crippen LogP contribution in [0.5, 0.6) is 0 Å². The number of nitrogens with one attached hydrogen (secondary N) is 1. The molecule has 2 aliphatic heterocycles. The lowest BCUT2D eigenvalue weighted by atomic mass is 9.88. The van der Waals surface area contributed by atoms with Crippen LogP contribution in [0.15, 0.2) is 24.3 Å². The van der Waals surface area contributed by atoms with E-state index in [9.17, 15) is 24.8 Å². The van der Waals surface area contributed by atoms with Gasteiger partial charge in [0, 0.05) is 31.1 Å². The van der Waals surface area contributed by atoms with E-state index in [2.05, 4.69) is 5.32 Å². The molecule has 0 unspecified atom stereocenters. The van der Waals surface area contributed by atoms with Crippen LogP contribution in [0.1, 0.15) is 24.8 Å². The summed E-state index contributed by atoms with van der Waals surface area (Å²) < 4.78 is 5.31. The van der Waals surface area contributed by atoms with Crippen LogP contribution in [0.2, 0.25) is 0 Å².